The summed E-state index contributed by atoms with van der Waals surface area (Å²) in [6, 6.07) is 22.6. The average Bonchev–Trinajstić information content (AvgIpc) is 3.30. The highest BCUT2D eigenvalue weighted by Crippen LogP contribution is 2.36. The number of rotatable bonds is 3. The molecule has 1 N–H and O–H groups in total. The monoisotopic (exact) mass is 386 g/mol. The summed E-state index contributed by atoms with van der Waals surface area (Å²) in [6.07, 6.45) is 3.67. The highest BCUT2D eigenvalue weighted by molar-refractivity contribution is 7.90. The Kier molecular flexibility index (Phi) is 3.67. The third-order valence-electron chi connectivity index (χ3n) is 5.14. The Labute approximate surface area is 163 Å². The topological polar surface area (TPSA) is 54.9 Å². The summed E-state index contributed by atoms with van der Waals surface area (Å²) in [7, 11) is -3.70. The lowest BCUT2D eigenvalue weighted by Crippen LogP contribution is -2.11. The van der Waals surface area contributed by atoms with E-state index in [0.717, 1.165) is 33.0 Å². The van der Waals surface area contributed by atoms with E-state index in [4.69, 9.17) is 0 Å². The molecule has 4 nitrogen and oxygen atoms in total. The van der Waals surface area contributed by atoms with Crippen LogP contribution in [0.1, 0.15) is 5.56 Å². The van der Waals surface area contributed by atoms with Crippen molar-refractivity contribution in [1.29, 1.82) is 0 Å². The summed E-state index contributed by atoms with van der Waals surface area (Å²) in [5.41, 5.74) is 4.60. The molecule has 0 amide bonds. The van der Waals surface area contributed by atoms with Gasteiger partial charge in [0.15, 0.2) is 0 Å². The van der Waals surface area contributed by atoms with Crippen LogP contribution in [0, 0.1) is 6.92 Å². The van der Waals surface area contributed by atoms with E-state index in [1.165, 1.54) is 3.97 Å². The Morgan fingerprint density at radius 3 is 2.25 bits per heavy atom. The number of nitrogens with zero attached hydrogens (tertiary/aromatic N) is 1. The summed E-state index contributed by atoms with van der Waals surface area (Å²) in [6.45, 7) is 1.94. The maximum Gasteiger partial charge on any atom is 0.268 e. The number of H-pyrrole nitrogens is 1. The number of hydrogen-bond acceptors (Lipinski definition) is 2. The van der Waals surface area contributed by atoms with Crippen molar-refractivity contribution in [3.05, 3.63) is 90.8 Å². The van der Waals surface area contributed by atoms with Crippen molar-refractivity contribution in [3.8, 4) is 11.1 Å². The highest BCUT2D eigenvalue weighted by Gasteiger charge is 2.22. The maximum absolute atomic E-state index is 13.4. The van der Waals surface area contributed by atoms with Crippen LogP contribution in [0.4, 0.5) is 0 Å². The summed E-state index contributed by atoms with van der Waals surface area (Å²) in [5, 5.41) is 1.97. The van der Waals surface area contributed by atoms with Gasteiger partial charge in [0.25, 0.3) is 10.0 Å². The first-order chi connectivity index (χ1) is 13.6. The first-order valence-corrected chi connectivity index (χ1v) is 10.5. The van der Waals surface area contributed by atoms with Crippen LogP contribution in [0.2, 0.25) is 0 Å². The van der Waals surface area contributed by atoms with Gasteiger partial charge in [0, 0.05) is 39.8 Å². The number of aromatic nitrogens is 2. The van der Waals surface area contributed by atoms with Gasteiger partial charge in [-0.2, -0.15) is 0 Å². The Morgan fingerprint density at radius 1 is 0.786 bits per heavy atom. The molecular weight excluding hydrogens is 368 g/mol. The molecule has 2 heterocycles. The van der Waals surface area contributed by atoms with Crippen LogP contribution in [-0.2, 0) is 10.0 Å². The lowest BCUT2D eigenvalue weighted by atomic mass is 10.0. The van der Waals surface area contributed by atoms with Crippen LogP contribution in [0.5, 0.6) is 0 Å². The SMILES string of the molecule is Cc1ccc(S(=O)(=O)n2cc(-c3c[nH]c4ccccc34)c3ccccc32)cc1. The number of aryl methyl sites for hydroxylation is 1. The van der Waals surface area contributed by atoms with Crippen LogP contribution in [0.15, 0.2) is 90.1 Å². The summed E-state index contributed by atoms with van der Waals surface area (Å²) in [4.78, 5) is 3.56. The standard InChI is InChI=1S/C23H18N2O2S/c1-16-10-12-17(13-11-16)28(26,27)25-15-21(19-7-3-5-9-23(19)25)20-14-24-22-8-4-2-6-18(20)22/h2-15,24H,1H3. The zero-order valence-electron chi connectivity index (χ0n) is 15.3. The number of benzene rings is 3. The molecule has 0 aliphatic heterocycles. The third-order valence-corrected chi connectivity index (χ3v) is 6.82. The summed E-state index contributed by atoms with van der Waals surface area (Å²) in [5.74, 6) is 0. The molecule has 0 spiro atoms. The molecule has 5 aromatic rings. The Balaban J connectivity index is 1.79. The third kappa shape index (κ3) is 2.47. The fourth-order valence-corrected chi connectivity index (χ4v) is 5.05. The molecule has 0 unspecified atom stereocenters. The van der Waals surface area contributed by atoms with Crippen molar-refractivity contribution in [1.82, 2.24) is 8.96 Å². The molecule has 138 valence electrons. The molecule has 0 aliphatic carbocycles. The Bertz CT molecular complexity index is 1420. The van der Waals surface area contributed by atoms with Crippen molar-refractivity contribution < 1.29 is 8.42 Å². The van der Waals surface area contributed by atoms with E-state index in [2.05, 4.69) is 4.98 Å². The molecule has 0 aliphatic rings. The Hall–Kier alpha value is -3.31. The van der Waals surface area contributed by atoms with Gasteiger partial charge in [0.05, 0.1) is 10.4 Å². The number of hydrogen-bond donors (Lipinski definition) is 1. The number of para-hydroxylation sites is 2. The highest BCUT2D eigenvalue weighted by atomic mass is 32.2. The van der Waals surface area contributed by atoms with E-state index in [0.29, 0.717) is 5.52 Å². The van der Waals surface area contributed by atoms with Gasteiger partial charge in [-0.05, 0) is 31.2 Å². The summed E-state index contributed by atoms with van der Waals surface area (Å²) >= 11 is 0. The predicted molar refractivity (Wildman–Crippen MR) is 113 cm³/mol. The minimum atomic E-state index is -3.70. The van der Waals surface area contributed by atoms with Crippen molar-refractivity contribution in [2.45, 2.75) is 11.8 Å². The van der Waals surface area contributed by atoms with Crippen LogP contribution in [0.25, 0.3) is 32.9 Å². The van der Waals surface area contributed by atoms with Gasteiger partial charge in [-0.15, -0.1) is 0 Å². The average molecular weight is 386 g/mol. The van der Waals surface area contributed by atoms with Gasteiger partial charge >= 0.3 is 0 Å². The largest absolute Gasteiger partial charge is 0.361 e. The Morgan fingerprint density at radius 2 is 1.46 bits per heavy atom. The van der Waals surface area contributed by atoms with Crippen molar-refractivity contribution in [2.75, 3.05) is 0 Å². The first-order valence-electron chi connectivity index (χ1n) is 9.04. The fourth-order valence-electron chi connectivity index (χ4n) is 3.68. The smallest absolute Gasteiger partial charge is 0.268 e. The maximum atomic E-state index is 13.4. The van der Waals surface area contributed by atoms with E-state index >= 15 is 0 Å². The van der Waals surface area contributed by atoms with Crippen molar-refractivity contribution in [2.24, 2.45) is 0 Å². The zero-order chi connectivity index (χ0) is 19.3. The minimum absolute atomic E-state index is 0.282. The number of nitrogens with one attached hydrogen (secondary N) is 1. The number of aromatic amines is 1. The molecule has 5 heteroatoms. The van der Waals surface area contributed by atoms with Crippen molar-refractivity contribution >= 4 is 31.8 Å². The lowest BCUT2D eigenvalue weighted by molar-refractivity contribution is 0.589. The lowest BCUT2D eigenvalue weighted by Gasteiger charge is -2.07. The molecule has 0 bridgehead atoms. The second kappa shape index (κ2) is 6.11. The fraction of sp³-hybridized carbons (Fsp3) is 0.0435. The van der Waals surface area contributed by atoms with Gasteiger partial charge in [-0.1, -0.05) is 54.1 Å². The van der Waals surface area contributed by atoms with Crippen LogP contribution >= 0.6 is 0 Å². The van der Waals surface area contributed by atoms with Gasteiger partial charge in [0.1, 0.15) is 0 Å². The second-order valence-corrected chi connectivity index (χ2v) is 8.74. The summed E-state index contributed by atoms with van der Waals surface area (Å²) < 4.78 is 28.1. The minimum Gasteiger partial charge on any atom is -0.361 e. The van der Waals surface area contributed by atoms with Gasteiger partial charge in [0.2, 0.25) is 0 Å². The zero-order valence-corrected chi connectivity index (χ0v) is 16.1. The van der Waals surface area contributed by atoms with E-state index < -0.39 is 10.0 Å². The quantitative estimate of drug-likeness (QED) is 0.455. The van der Waals surface area contributed by atoms with Gasteiger partial charge < -0.3 is 4.98 Å². The first kappa shape index (κ1) is 16.8. The molecule has 28 heavy (non-hydrogen) atoms. The molecular formula is C23H18N2O2S. The molecule has 0 saturated carbocycles. The molecule has 3 aromatic carbocycles. The van der Waals surface area contributed by atoms with E-state index in [1.807, 2.05) is 73.8 Å². The van der Waals surface area contributed by atoms with Gasteiger partial charge in [-0.25, -0.2) is 12.4 Å². The molecule has 5 rings (SSSR count). The van der Waals surface area contributed by atoms with E-state index in [-0.39, 0.29) is 4.90 Å². The van der Waals surface area contributed by atoms with Crippen LogP contribution in [-0.4, -0.2) is 17.4 Å². The normalized spacial score (nSPS) is 12.0. The molecule has 0 atom stereocenters. The second-order valence-electron chi connectivity index (χ2n) is 6.92. The van der Waals surface area contributed by atoms with Gasteiger partial charge in [-0.3, -0.25) is 0 Å². The molecule has 0 fully saturated rings. The van der Waals surface area contributed by atoms with E-state index in [9.17, 15) is 8.42 Å². The molecule has 0 radical (unpaired) electrons. The molecule has 2 aromatic heterocycles. The van der Waals surface area contributed by atoms with E-state index in [1.54, 1.807) is 18.3 Å². The van der Waals surface area contributed by atoms with Crippen molar-refractivity contribution in [3.63, 3.8) is 0 Å². The van der Waals surface area contributed by atoms with Crippen LogP contribution in [0.3, 0.4) is 0 Å². The predicted octanol–water partition coefficient (Wildman–Crippen LogP) is 5.34. The van der Waals surface area contributed by atoms with Crippen LogP contribution < -0.4 is 0 Å². The molecule has 0 saturated heterocycles. The number of fused-ring (bicyclic) bond motifs is 2.